The molecule has 7 heteroatoms. The van der Waals surface area contributed by atoms with Crippen LogP contribution in [0.5, 0.6) is 0 Å². The van der Waals surface area contributed by atoms with Gasteiger partial charge in [0.2, 0.25) is 5.91 Å². The molecule has 2 aromatic rings. The highest BCUT2D eigenvalue weighted by Crippen LogP contribution is 2.34. The van der Waals surface area contributed by atoms with E-state index in [1.807, 2.05) is 18.2 Å². The maximum atomic E-state index is 12.9. The first-order valence-electron chi connectivity index (χ1n) is 11.0. The van der Waals surface area contributed by atoms with E-state index in [4.69, 9.17) is 0 Å². The molecule has 1 atom stereocenters. The number of carbonyl (C=O) groups is 2. The molecule has 1 unspecified atom stereocenters. The number of hydrogen-bond donors (Lipinski definition) is 1. The highest BCUT2D eigenvalue weighted by Gasteiger charge is 2.38. The Morgan fingerprint density at radius 2 is 1.97 bits per heavy atom. The first-order valence-corrected chi connectivity index (χ1v) is 11.0. The second kappa shape index (κ2) is 8.23. The molecule has 5 rings (SSSR count). The van der Waals surface area contributed by atoms with Gasteiger partial charge in [-0.2, -0.15) is 10.2 Å². The molecule has 0 aliphatic carbocycles. The third kappa shape index (κ3) is 3.97. The van der Waals surface area contributed by atoms with Crippen LogP contribution in [0.3, 0.4) is 0 Å². The molecular formula is C24H27N5O2. The number of aromatic nitrogens is 2. The van der Waals surface area contributed by atoms with Gasteiger partial charge in [0.05, 0.1) is 5.69 Å². The summed E-state index contributed by atoms with van der Waals surface area (Å²) in [6.07, 6.45) is 5.23. The molecule has 160 valence electrons. The second-order valence-electron chi connectivity index (χ2n) is 8.76. The van der Waals surface area contributed by atoms with Crippen LogP contribution in [-0.2, 0) is 17.9 Å². The van der Waals surface area contributed by atoms with Crippen molar-refractivity contribution in [2.75, 3.05) is 13.1 Å². The molecule has 31 heavy (non-hydrogen) atoms. The van der Waals surface area contributed by atoms with Crippen molar-refractivity contribution in [1.29, 1.82) is 0 Å². The monoisotopic (exact) mass is 417 g/mol. The summed E-state index contributed by atoms with van der Waals surface area (Å²) >= 11 is 0. The van der Waals surface area contributed by atoms with Crippen LogP contribution in [0.2, 0.25) is 0 Å². The van der Waals surface area contributed by atoms with Crippen molar-refractivity contribution >= 4 is 11.8 Å². The summed E-state index contributed by atoms with van der Waals surface area (Å²) in [5.41, 5.74) is 4.82. The lowest BCUT2D eigenvalue weighted by Crippen LogP contribution is -2.49. The molecule has 3 aliphatic rings. The lowest BCUT2D eigenvalue weighted by atomic mass is 9.88. The van der Waals surface area contributed by atoms with Gasteiger partial charge in [-0.3, -0.25) is 14.5 Å². The lowest BCUT2D eigenvalue weighted by Gasteiger charge is -2.32. The Labute approximate surface area is 182 Å². The predicted octanol–water partition coefficient (Wildman–Crippen LogP) is 2.60. The molecule has 2 fully saturated rings. The number of amides is 2. The van der Waals surface area contributed by atoms with E-state index >= 15 is 0 Å². The molecule has 0 bridgehead atoms. The van der Waals surface area contributed by atoms with Gasteiger partial charge in [-0.15, -0.1) is 0 Å². The van der Waals surface area contributed by atoms with E-state index in [0.717, 1.165) is 61.4 Å². The Hall–Kier alpha value is -3.06. The van der Waals surface area contributed by atoms with Crippen molar-refractivity contribution in [3.8, 4) is 0 Å². The molecule has 7 nitrogen and oxygen atoms in total. The summed E-state index contributed by atoms with van der Waals surface area (Å²) in [7, 11) is 0. The fourth-order valence-electron chi connectivity index (χ4n) is 5.00. The largest absolute Gasteiger partial charge is 0.329 e. The summed E-state index contributed by atoms with van der Waals surface area (Å²) < 4.78 is 0. The van der Waals surface area contributed by atoms with Gasteiger partial charge in [0, 0.05) is 30.5 Å². The topological polar surface area (TPSA) is 78.4 Å². The number of nitrogens with one attached hydrogen (secondary N) is 1. The van der Waals surface area contributed by atoms with Crippen LogP contribution in [-0.4, -0.2) is 50.9 Å². The zero-order chi connectivity index (χ0) is 21.4. The van der Waals surface area contributed by atoms with Gasteiger partial charge >= 0.3 is 0 Å². The van der Waals surface area contributed by atoms with E-state index in [1.165, 1.54) is 5.56 Å². The van der Waals surface area contributed by atoms with E-state index < -0.39 is 6.04 Å². The van der Waals surface area contributed by atoms with Crippen molar-refractivity contribution in [3.05, 3.63) is 71.2 Å². The lowest BCUT2D eigenvalue weighted by molar-refractivity contribution is -0.126. The Bertz CT molecular complexity index is 1010. The van der Waals surface area contributed by atoms with Gasteiger partial charge in [0.1, 0.15) is 6.04 Å². The van der Waals surface area contributed by atoms with E-state index in [9.17, 15) is 9.59 Å². The Morgan fingerprint density at radius 1 is 1.13 bits per heavy atom. The van der Waals surface area contributed by atoms with Gasteiger partial charge < -0.3 is 10.2 Å². The number of rotatable bonds is 4. The SMILES string of the molecule is C=C1CCC(N2Cc3cc(C4CCN(Cc5cccnn5)CC4)ccc3C2=O)C(=O)N1. The zero-order valence-corrected chi connectivity index (χ0v) is 17.6. The van der Waals surface area contributed by atoms with Crippen LogP contribution in [0.4, 0.5) is 0 Å². The molecular weight excluding hydrogens is 390 g/mol. The summed E-state index contributed by atoms with van der Waals surface area (Å²) in [5.74, 6) is 0.343. The quantitative estimate of drug-likeness (QED) is 0.827. The summed E-state index contributed by atoms with van der Waals surface area (Å²) in [5, 5.41) is 11.0. The van der Waals surface area contributed by atoms with Crippen LogP contribution in [0.15, 0.2) is 48.8 Å². The van der Waals surface area contributed by atoms with Gasteiger partial charge in [0.15, 0.2) is 0 Å². The number of piperidine rings is 2. The maximum Gasteiger partial charge on any atom is 0.255 e. The van der Waals surface area contributed by atoms with E-state index in [-0.39, 0.29) is 11.8 Å². The molecule has 1 aromatic heterocycles. The third-order valence-corrected chi connectivity index (χ3v) is 6.73. The molecule has 2 amide bonds. The first kappa shape index (κ1) is 19.9. The fraction of sp³-hybridized carbons (Fsp3) is 0.417. The zero-order valence-electron chi connectivity index (χ0n) is 17.6. The number of fused-ring (bicyclic) bond motifs is 1. The predicted molar refractivity (Wildman–Crippen MR) is 116 cm³/mol. The number of carbonyl (C=O) groups excluding carboxylic acids is 2. The van der Waals surface area contributed by atoms with E-state index in [1.54, 1.807) is 11.1 Å². The van der Waals surface area contributed by atoms with Crippen molar-refractivity contribution in [3.63, 3.8) is 0 Å². The molecule has 0 spiro atoms. The Kier molecular flexibility index (Phi) is 5.28. The average molecular weight is 418 g/mol. The van der Waals surface area contributed by atoms with Gasteiger partial charge in [-0.25, -0.2) is 0 Å². The minimum absolute atomic E-state index is 0.0343. The maximum absolute atomic E-state index is 12.9. The van der Waals surface area contributed by atoms with Gasteiger partial charge in [-0.1, -0.05) is 18.7 Å². The first-order chi connectivity index (χ1) is 15.1. The van der Waals surface area contributed by atoms with Crippen LogP contribution >= 0.6 is 0 Å². The smallest absolute Gasteiger partial charge is 0.255 e. The van der Waals surface area contributed by atoms with Crippen LogP contribution in [0.1, 0.15) is 58.8 Å². The van der Waals surface area contributed by atoms with Gasteiger partial charge in [-0.05, 0) is 74.0 Å². The standard InChI is InChI=1S/C24H27N5O2/c1-16-4-7-22(23(30)26-16)29-14-19-13-18(5-6-21(19)24(29)31)17-8-11-28(12-9-17)15-20-3-2-10-25-27-20/h2-3,5-6,10,13,17,22H,1,4,7-9,11-12,14-15H2,(H,26,30). The normalized spacial score (nSPS) is 22.5. The molecule has 0 saturated carbocycles. The fourth-order valence-corrected chi connectivity index (χ4v) is 5.00. The third-order valence-electron chi connectivity index (χ3n) is 6.73. The Morgan fingerprint density at radius 3 is 2.71 bits per heavy atom. The molecule has 4 heterocycles. The van der Waals surface area contributed by atoms with Crippen LogP contribution in [0.25, 0.3) is 0 Å². The second-order valence-corrected chi connectivity index (χ2v) is 8.76. The minimum Gasteiger partial charge on any atom is -0.329 e. The molecule has 1 aromatic carbocycles. The molecule has 2 saturated heterocycles. The summed E-state index contributed by atoms with van der Waals surface area (Å²) in [6, 6.07) is 9.79. The van der Waals surface area contributed by atoms with Crippen molar-refractivity contribution in [1.82, 2.24) is 25.3 Å². The van der Waals surface area contributed by atoms with Crippen molar-refractivity contribution in [2.45, 2.75) is 50.7 Å². The highest BCUT2D eigenvalue weighted by atomic mass is 16.2. The molecule has 3 aliphatic heterocycles. The van der Waals surface area contributed by atoms with Crippen LogP contribution < -0.4 is 5.32 Å². The number of nitrogens with zero attached hydrogens (tertiary/aromatic N) is 4. The van der Waals surface area contributed by atoms with Gasteiger partial charge in [0.25, 0.3) is 5.91 Å². The van der Waals surface area contributed by atoms with Crippen LogP contribution in [0, 0.1) is 0 Å². The highest BCUT2D eigenvalue weighted by molar-refractivity contribution is 6.01. The average Bonchev–Trinajstić information content (AvgIpc) is 3.10. The minimum atomic E-state index is -0.404. The molecule has 1 N–H and O–H groups in total. The number of allylic oxidation sites excluding steroid dienone is 1. The Balaban J connectivity index is 1.24. The summed E-state index contributed by atoms with van der Waals surface area (Å²) in [6.45, 7) is 7.23. The van der Waals surface area contributed by atoms with Crippen molar-refractivity contribution in [2.24, 2.45) is 0 Å². The molecule has 0 radical (unpaired) electrons. The van der Waals surface area contributed by atoms with Crippen molar-refractivity contribution < 1.29 is 9.59 Å². The number of hydrogen-bond acceptors (Lipinski definition) is 5. The van der Waals surface area contributed by atoms with E-state index in [2.05, 4.69) is 39.1 Å². The van der Waals surface area contributed by atoms with E-state index in [0.29, 0.717) is 18.9 Å². The summed E-state index contributed by atoms with van der Waals surface area (Å²) in [4.78, 5) is 29.5. The number of likely N-dealkylation sites (tertiary alicyclic amines) is 1. The number of benzene rings is 1.